The van der Waals surface area contributed by atoms with Crippen molar-refractivity contribution in [3.63, 3.8) is 0 Å². The Hall–Kier alpha value is -0.980. The smallest absolute Gasteiger partial charge is 0.140 e. The van der Waals surface area contributed by atoms with Crippen molar-refractivity contribution in [2.45, 2.75) is 6.54 Å². The molecule has 2 N–H and O–H groups in total. The minimum Gasteiger partial charge on any atom is -0.395 e. The van der Waals surface area contributed by atoms with Crippen LogP contribution in [0.4, 0.5) is 0 Å². The van der Waals surface area contributed by atoms with E-state index in [4.69, 9.17) is 10.2 Å². The highest BCUT2D eigenvalue weighted by molar-refractivity contribution is 4.83. The molecule has 1 aromatic rings. The van der Waals surface area contributed by atoms with Gasteiger partial charge in [-0.05, 0) is 0 Å². The second-order valence-corrected chi connectivity index (χ2v) is 3.02. The summed E-state index contributed by atoms with van der Waals surface area (Å²) in [5, 5.41) is 21.5. The molecule has 1 rings (SSSR count). The van der Waals surface area contributed by atoms with Crippen molar-refractivity contribution in [1.29, 1.82) is 0 Å². The van der Waals surface area contributed by atoms with E-state index in [-0.39, 0.29) is 13.2 Å². The second kappa shape index (κ2) is 5.69. The van der Waals surface area contributed by atoms with Gasteiger partial charge in [0, 0.05) is 20.1 Å². The van der Waals surface area contributed by atoms with Crippen LogP contribution in [0.3, 0.4) is 0 Å². The molecule has 0 spiro atoms. The van der Waals surface area contributed by atoms with E-state index in [1.54, 1.807) is 4.68 Å². The Balaban J connectivity index is 2.50. The molecule has 0 aliphatic rings. The Kier molecular flexibility index (Phi) is 4.51. The first-order valence-electron chi connectivity index (χ1n) is 4.55. The van der Waals surface area contributed by atoms with Crippen molar-refractivity contribution in [2.24, 2.45) is 7.05 Å². The van der Waals surface area contributed by atoms with Crippen LogP contribution in [-0.2, 0) is 13.6 Å². The highest BCUT2D eigenvalue weighted by atomic mass is 16.3. The Morgan fingerprint density at radius 3 is 2.43 bits per heavy atom. The van der Waals surface area contributed by atoms with Crippen molar-refractivity contribution in [3.8, 4) is 0 Å². The Bertz CT molecular complexity index is 258. The highest BCUT2D eigenvalue weighted by Crippen LogP contribution is 1.98. The molecule has 6 heteroatoms. The monoisotopic (exact) mass is 200 g/mol. The molecule has 1 aromatic heterocycles. The molecular formula is C8H16N4O2. The molecule has 0 aliphatic heterocycles. The summed E-state index contributed by atoms with van der Waals surface area (Å²) < 4.78 is 1.68. The van der Waals surface area contributed by atoms with E-state index in [0.717, 1.165) is 5.82 Å². The van der Waals surface area contributed by atoms with Crippen molar-refractivity contribution in [2.75, 3.05) is 26.3 Å². The molecular weight excluding hydrogens is 184 g/mol. The SMILES string of the molecule is Cn1ncnc1CN(CCO)CCO. The van der Waals surface area contributed by atoms with Crippen LogP contribution in [0.25, 0.3) is 0 Å². The summed E-state index contributed by atoms with van der Waals surface area (Å²) in [4.78, 5) is 5.99. The molecule has 0 aliphatic carbocycles. The van der Waals surface area contributed by atoms with Gasteiger partial charge in [0.15, 0.2) is 0 Å². The molecule has 6 nitrogen and oxygen atoms in total. The van der Waals surface area contributed by atoms with Crippen molar-refractivity contribution >= 4 is 0 Å². The van der Waals surface area contributed by atoms with Crippen LogP contribution in [0.2, 0.25) is 0 Å². The van der Waals surface area contributed by atoms with Crippen molar-refractivity contribution < 1.29 is 10.2 Å². The van der Waals surface area contributed by atoms with E-state index >= 15 is 0 Å². The molecule has 0 unspecified atom stereocenters. The van der Waals surface area contributed by atoms with Crippen LogP contribution >= 0.6 is 0 Å². The van der Waals surface area contributed by atoms with Gasteiger partial charge in [0.1, 0.15) is 12.2 Å². The summed E-state index contributed by atoms with van der Waals surface area (Å²) in [5.74, 6) is 0.826. The number of rotatable bonds is 6. The Labute approximate surface area is 82.8 Å². The first-order valence-corrected chi connectivity index (χ1v) is 4.55. The topological polar surface area (TPSA) is 74.4 Å². The molecule has 0 amide bonds. The minimum absolute atomic E-state index is 0.0812. The molecule has 0 bridgehead atoms. The van der Waals surface area contributed by atoms with Crippen LogP contribution in [-0.4, -0.2) is 56.2 Å². The van der Waals surface area contributed by atoms with Crippen LogP contribution in [0.5, 0.6) is 0 Å². The summed E-state index contributed by atoms with van der Waals surface area (Å²) in [6, 6.07) is 0. The molecule has 1 heterocycles. The lowest BCUT2D eigenvalue weighted by atomic mass is 10.4. The highest BCUT2D eigenvalue weighted by Gasteiger charge is 2.08. The van der Waals surface area contributed by atoms with Crippen molar-refractivity contribution in [3.05, 3.63) is 12.2 Å². The molecule has 0 radical (unpaired) electrons. The third-order valence-electron chi connectivity index (χ3n) is 2.00. The van der Waals surface area contributed by atoms with E-state index in [2.05, 4.69) is 10.1 Å². The van der Waals surface area contributed by atoms with E-state index in [1.165, 1.54) is 6.33 Å². The van der Waals surface area contributed by atoms with Crippen LogP contribution in [0.15, 0.2) is 6.33 Å². The van der Waals surface area contributed by atoms with Gasteiger partial charge in [0.05, 0.1) is 19.8 Å². The summed E-state index contributed by atoms with van der Waals surface area (Å²) in [6.45, 7) is 1.83. The number of aliphatic hydroxyl groups excluding tert-OH is 2. The van der Waals surface area contributed by atoms with Gasteiger partial charge in [0.2, 0.25) is 0 Å². The molecule has 80 valence electrons. The molecule has 0 fully saturated rings. The summed E-state index contributed by atoms with van der Waals surface area (Å²) in [7, 11) is 1.82. The largest absolute Gasteiger partial charge is 0.395 e. The number of aromatic nitrogens is 3. The summed E-state index contributed by atoms with van der Waals surface area (Å²) in [5.41, 5.74) is 0. The number of aliphatic hydroxyl groups is 2. The predicted octanol–water partition coefficient (Wildman–Crippen LogP) is -1.40. The second-order valence-electron chi connectivity index (χ2n) is 3.02. The van der Waals surface area contributed by atoms with Crippen LogP contribution in [0.1, 0.15) is 5.82 Å². The van der Waals surface area contributed by atoms with E-state index in [0.29, 0.717) is 19.6 Å². The molecule has 14 heavy (non-hydrogen) atoms. The van der Waals surface area contributed by atoms with Gasteiger partial charge < -0.3 is 10.2 Å². The van der Waals surface area contributed by atoms with Gasteiger partial charge in [-0.25, -0.2) is 4.98 Å². The third-order valence-corrected chi connectivity index (χ3v) is 2.00. The number of aryl methyl sites for hydroxylation is 1. The van der Waals surface area contributed by atoms with Gasteiger partial charge in [-0.1, -0.05) is 0 Å². The number of hydrogen-bond donors (Lipinski definition) is 2. The lowest BCUT2D eigenvalue weighted by molar-refractivity contribution is 0.152. The van der Waals surface area contributed by atoms with Gasteiger partial charge in [-0.2, -0.15) is 5.10 Å². The fraction of sp³-hybridized carbons (Fsp3) is 0.750. The quantitative estimate of drug-likeness (QED) is 0.591. The Morgan fingerprint density at radius 2 is 2.00 bits per heavy atom. The third kappa shape index (κ3) is 3.06. The normalized spacial score (nSPS) is 11.1. The number of nitrogens with zero attached hydrogens (tertiary/aromatic N) is 4. The molecule has 0 aromatic carbocycles. The standard InChI is InChI=1S/C8H16N4O2/c1-11-8(9-7-10-11)6-12(2-4-13)3-5-14/h7,13-14H,2-6H2,1H3. The van der Waals surface area contributed by atoms with E-state index in [1.807, 2.05) is 11.9 Å². The van der Waals surface area contributed by atoms with Crippen LogP contribution < -0.4 is 0 Å². The fourth-order valence-corrected chi connectivity index (χ4v) is 1.22. The molecule has 0 saturated heterocycles. The maximum atomic E-state index is 8.80. The Morgan fingerprint density at radius 1 is 1.36 bits per heavy atom. The summed E-state index contributed by atoms with van der Waals surface area (Å²) in [6.07, 6.45) is 1.49. The molecule has 0 atom stereocenters. The van der Waals surface area contributed by atoms with Gasteiger partial charge in [0.25, 0.3) is 0 Å². The van der Waals surface area contributed by atoms with Crippen LogP contribution in [0, 0.1) is 0 Å². The fourth-order valence-electron chi connectivity index (χ4n) is 1.22. The first-order chi connectivity index (χ1) is 6.77. The zero-order valence-electron chi connectivity index (χ0n) is 8.30. The van der Waals surface area contributed by atoms with Gasteiger partial charge in [-0.3, -0.25) is 9.58 Å². The summed E-state index contributed by atoms with van der Waals surface area (Å²) >= 11 is 0. The maximum Gasteiger partial charge on any atom is 0.140 e. The number of hydrogen-bond acceptors (Lipinski definition) is 5. The average molecular weight is 200 g/mol. The first kappa shape index (κ1) is 11.1. The minimum atomic E-state index is 0.0812. The molecule has 0 saturated carbocycles. The van der Waals surface area contributed by atoms with Gasteiger partial charge in [-0.15, -0.1) is 0 Å². The predicted molar refractivity (Wildman–Crippen MR) is 50.5 cm³/mol. The lowest BCUT2D eigenvalue weighted by Crippen LogP contribution is -2.30. The zero-order valence-corrected chi connectivity index (χ0v) is 8.30. The maximum absolute atomic E-state index is 8.80. The average Bonchev–Trinajstić information content (AvgIpc) is 2.53. The van der Waals surface area contributed by atoms with Crippen molar-refractivity contribution in [1.82, 2.24) is 19.7 Å². The van der Waals surface area contributed by atoms with E-state index in [9.17, 15) is 0 Å². The van der Waals surface area contributed by atoms with Gasteiger partial charge >= 0.3 is 0 Å². The van der Waals surface area contributed by atoms with E-state index < -0.39 is 0 Å². The lowest BCUT2D eigenvalue weighted by Gasteiger charge is -2.18. The zero-order chi connectivity index (χ0) is 10.4.